The van der Waals surface area contributed by atoms with Crippen molar-refractivity contribution in [2.24, 2.45) is 0 Å². The molecule has 0 aliphatic rings. The summed E-state index contributed by atoms with van der Waals surface area (Å²) in [4.78, 5) is 17.1. The van der Waals surface area contributed by atoms with Crippen molar-refractivity contribution in [1.82, 2.24) is 4.98 Å². The molecule has 7 nitrogen and oxygen atoms in total. The highest BCUT2D eigenvalue weighted by Gasteiger charge is 2.18. The molecule has 31 heavy (non-hydrogen) atoms. The van der Waals surface area contributed by atoms with Crippen LogP contribution in [0.25, 0.3) is 10.2 Å². The molecule has 0 unspecified atom stereocenters. The van der Waals surface area contributed by atoms with Crippen molar-refractivity contribution in [2.45, 2.75) is 11.8 Å². The Labute approximate surface area is 183 Å². The van der Waals surface area contributed by atoms with E-state index in [-0.39, 0.29) is 10.8 Å². The van der Waals surface area contributed by atoms with Crippen molar-refractivity contribution in [3.8, 4) is 5.75 Å². The van der Waals surface area contributed by atoms with Crippen molar-refractivity contribution >= 4 is 48.3 Å². The van der Waals surface area contributed by atoms with Gasteiger partial charge in [0.2, 0.25) is 0 Å². The summed E-state index contributed by atoms with van der Waals surface area (Å²) in [5, 5.41) is 3.26. The summed E-state index contributed by atoms with van der Waals surface area (Å²) >= 11 is 1.39. The van der Waals surface area contributed by atoms with E-state index in [9.17, 15) is 13.2 Å². The first kappa shape index (κ1) is 20.8. The van der Waals surface area contributed by atoms with Crippen molar-refractivity contribution < 1.29 is 17.9 Å². The second kappa shape index (κ2) is 8.37. The number of hydrogen-bond acceptors (Lipinski definition) is 6. The fourth-order valence-corrected chi connectivity index (χ4v) is 5.04. The fraction of sp³-hybridized carbons (Fsp3) is 0.0909. The number of fused-ring (bicyclic) bond motifs is 1. The number of hydrogen-bond donors (Lipinski definition) is 2. The number of aryl methyl sites for hydroxylation is 1. The van der Waals surface area contributed by atoms with E-state index in [2.05, 4.69) is 15.0 Å². The Hall–Kier alpha value is -3.43. The quantitative estimate of drug-likeness (QED) is 0.442. The summed E-state index contributed by atoms with van der Waals surface area (Å²) in [6.45, 7) is 1.96. The van der Waals surface area contributed by atoms with Crippen LogP contribution in [0.5, 0.6) is 5.75 Å². The van der Waals surface area contributed by atoms with Gasteiger partial charge in [-0.1, -0.05) is 35.6 Å². The van der Waals surface area contributed by atoms with E-state index in [0.29, 0.717) is 22.1 Å². The number of carbonyl (C=O) groups excluding carboxylic acids is 1. The molecule has 2 N–H and O–H groups in total. The van der Waals surface area contributed by atoms with E-state index in [4.69, 9.17) is 4.74 Å². The number of thiazole rings is 1. The van der Waals surface area contributed by atoms with Gasteiger partial charge in [-0.3, -0.25) is 14.8 Å². The van der Waals surface area contributed by atoms with Gasteiger partial charge in [0.25, 0.3) is 15.9 Å². The molecule has 4 rings (SSSR count). The van der Waals surface area contributed by atoms with Gasteiger partial charge in [0.05, 0.1) is 27.9 Å². The zero-order chi connectivity index (χ0) is 22.0. The molecule has 1 aromatic heterocycles. The average molecular weight is 454 g/mol. The van der Waals surface area contributed by atoms with Crippen LogP contribution in [-0.4, -0.2) is 26.4 Å². The lowest BCUT2D eigenvalue weighted by molar-refractivity contribution is 0.102. The lowest BCUT2D eigenvalue weighted by Crippen LogP contribution is -2.15. The number of nitrogens with zero attached hydrogens (tertiary/aromatic N) is 1. The Morgan fingerprint density at radius 2 is 1.74 bits per heavy atom. The van der Waals surface area contributed by atoms with E-state index in [1.54, 1.807) is 24.3 Å². The van der Waals surface area contributed by atoms with Crippen LogP contribution in [0.4, 0.5) is 10.8 Å². The minimum absolute atomic E-state index is 0.0329. The Morgan fingerprint density at radius 3 is 2.45 bits per heavy atom. The number of anilines is 2. The molecule has 9 heteroatoms. The smallest absolute Gasteiger partial charge is 0.262 e. The van der Waals surface area contributed by atoms with Crippen molar-refractivity contribution in [2.75, 3.05) is 17.1 Å². The Kier molecular flexibility index (Phi) is 5.62. The van der Waals surface area contributed by atoms with Gasteiger partial charge in [-0.2, -0.15) is 0 Å². The van der Waals surface area contributed by atoms with Crippen LogP contribution < -0.4 is 14.8 Å². The number of para-hydroxylation sites is 3. The Bertz CT molecular complexity index is 1360. The van der Waals surface area contributed by atoms with E-state index >= 15 is 0 Å². The van der Waals surface area contributed by atoms with Crippen LogP contribution in [-0.2, 0) is 10.0 Å². The molecule has 0 spiro atoms. The van der Waals surface area contributed by atoms with Gasteiger partial charge in [0.15, 0.2) is 5.13 Å². The number of benzene rings is 3. The SMILES string of the molecule is COc1ccccc1NS(=O)(=O)c1ccc(C(=O)Nc2nc3c(C)cccc3s2)cc1. The van der Waals surface area contributed by atoms with Crippen molar-refractivity contribution in [1.29, 1.82) is 0 Å². The highest BCUT2D eigenvalue weighted by atomic mass is 32.2. The minimum atomic E-state index is -3.84. The van der Waals surface area contributed by atoms with Crippen molar-refractivity contribution in [3.05, 3.63) is 77.9 Å². The first-order valence-electron chi connectivity index (χ1n) is 9.31. The summed E-state index contributed by atoms with van der Waals surface area (Å²) in [7, 11) is -2.38. The highest BCUT2D eigenvalue weighted by molar-refractivity contribution is 7.92. The summed E-state index contributed by atoms with van der Waals surface area (Å²) in [6, 6.07) is 18.3. The van der Waals surface area contributed by atoms with Gasteiger partial charge in [-0.15, -0.1) is 0 Å². The standard InChI is InChI=1S/C22H19N3O4S2/c1-14-6-5-9-19-20(14)23-22(30-19)24-21(26)15-10-12-16(13-11-15)31(27,28)25-17-7-3-4-8-18(17)29-2/h3-13,25H,1-2H3,(H,23,24,26). The van der Waals surface area contributed by atoms with Gasteiger partial charge in [0.1, 0.15) is 5.75 Å². The van der Waals surface area contributed by atoms with Crippen LogP contribution in [0, 0.1) is 6.92 Å². The monoisotopic (exact) mass is 453 g/mol. The third kappa shape index (κ3) is 4.37. The molecule has 3 aromatic carbocycles. The van der Waals surface area contributed by atoms with Gasteiger partial charge in [-0.05, 0) is 55.0 Å². The number of ether oxygens (including phenoxy) is 1. The maximum atomic E-state index is 12.7. The summed E-state index contributed by atoms with van der Waals surface area (Å²) < 4.78 is 34.1. The summed E-state index contributed by atoms with van der Waals surface area (Å²) in [5.41, 5.74) is 2.54. The highest BCUT2D eigenvalue weighted by Crippen LogP contribution is 2.29. The molecule has 158 valence electrons. The summed E-state index contributed by atoms with van der Waals surface area (Å²) in [5.74, 6) is 0.0477. The maximum Gasteiger partial charge on any atom is 0.262 e. The molecular weight excluding hydrogens is 434 g/mol. The molecule has 0 aliphatic heterocycles. The van der Waals surface area contributed by atoms with Gasteiger partial charge >= 0.3 is 0 Å². The molecule has 1 amide bonds. The molecule has 0 aliphatic carbocycles. The molecule has 0 atom stereocenters. The minimum Gasteiger partial charge on any atom is -0.495 e. The van der Waals surface area contributed by atoms with Crippen LogP contribution in [0.2, 0.25) is 0 Å². The zero-order valence-corrected chi connectivity index (χ0v) is 18.4. The van der Waals surface area contributed by atoms with E-state index < -0.39 is 10.0 Å². The molecule has 4 aromatic rings. The number of aromatic nitrogens is 1. The number of nitrogens with one attached hydrogen (secondary N) is 2. The summed E-state index contributed by atoms with van der Waals surface area (Å²) in [6.07, 6.45) is 0. The number of rotatable bonds is 6. The van der Waals surface area contributed by atoms with E-state index in [1.807, 2.05) is 25.1 Å². The maximum absolute atomic E-state index is 12.7. The molecule has 0 bridgehead atoms. The fourth-order valence-electron chi connectivity index (χ4n) is 3.03. The second-order valence-electron chi connectivity index (χ2n) is 6.72. The van der Waals surface area contributed by atoms with Crippen LogP contribution in [0.1, 0.15) is 15.9 Å². The zero-order valence-electron chi connectivity index (χ0n) is 16.7. The van der Waals surface area contributed by atoms with Gasteiger partial charge < -0.3 is 4.74 Å². The molecule has 1 heterocycles. The molecule has 0 saturated carbocycles. The molecule has 0 radical (unpaired) electrons. The van der Waals surface area contributed by atoms with E-state index in [0.717, 1.165) is 15.8 Å². The number of methoxy groups -OCH3 is 1. The first-order chi connectivity index (χ1) is 14.9. The van der Waals surface area contributed by atoms with Crippen LogP contribution in [0.3, 0.4) is 0 Å². The lowest BCUT2D eigenvalue weighted by atomic mass is 10.2. The number of carbonyl (C=O) groups is 1. The van der Waals surface area contributed by atoms with Crippen LogP contribution >= 0.6 is 11.3 Å². The second-order valence-corrected chi connectivity index (χ2v) is 9.44. The largest absolute Gasteiger partial charge is 0.495 e. The van der Waals surface area contributed by atoms with Gasteiger partial charge in [0, 0.05) is 5.56 Å². The first-order valence-corrected chi connectivity index (χ1v) is 11.6. The third-order valence-electron chi connectivity index (χ3n) is 4.62. The van der Waals surface area contributed by atoms with Gasteiger partial charge in [-0.25, -0.2) is 13.4 Å². The Balaban J connectivity index is 1.51. The average Bonchev–Trinajstić information content (AvgIpc) is 3.18. The number of amides is 1. The van der Waals surface area contributed by atoms with Crippen molar-refractivity contribution in [3.63, 3.8) is 0 Å². The predicted octanol–water partition coefficient (Wildman–Crippen LogP) is 4.67. The van der Waals surface area contributed by atoms with E-state index in [1.165, 1.54) is 42.7 Å². The Morgan fingerprint density at radius 1 is 1.00 bits per heavy atom. The topological polar surface area (TPSA) is 97.4 Å². The molecule has 0 fully saturated rings. The predicted molar refractivity (Wildman–Crippen MR) is 123 cm³/mol. The third-order valence-corrected chi connectivity index (χ3v) is 6.94. The molecule has 0 saturated heterocycles. The molecular formula is C22H19N3O4S2. The lowest BCUT2D eigenvalue weighted by Gasteiger charge is -2.12. The number of sulfonamides is 1. The normalized spacial score (nSPS) is 11.3. The van der Waals surface area contributed by atoms with Crippen LogP contribution in [0.15, 0.2) is 71.6 Å².